The third kappa shape index (κ3) is 2.33. The van der Waals surface area contributed by atoms with Crippen molar-refractivity contribution in [2.24, 2.45) is 0 Å². The summed E-state index contributed by atoms with van der Waals surface area (Å²) in [4.78, 5) is 6.48. The third-order valence-corrected chi connectivity index (χ3v) is 2.40. The van der Waals surface area contributed by atoms with Crippen molar-refractivity contribution in [2.45, 2.75) is 13.0 Å². The quantitative estimate of drug-likeness (QED) is 0.855. The molecule has 1 unspecified atom stereocenters. The molecule has 0 aliphatic heterocycles. The average molecular weight is 219 g/mol. The van der Waals surface area contributed by atoms with Crippen LogP contribution >= 0.6 is 0 Å². The van der Waals surface area contributed by atoms with E-state index in [2.05, 4.69) is 36.2 Å². The third-order valence-electron chi connectivity index (χ3n) is 2.40. The molecule has 4 heteroatoms. The predicted octanol–water partition coefficient (Wildman–Crippen LogP) is 2.19. The normalized spacial score (nSPS) is 13.2. The molecule has 16 heavy (non-hydrogen) atoms. The molecule has 2 aromatic heterocycles. The lowest BCUT2D eigenvalue weighted by Crippen LogP contribution is -2.29. The zero-order chi connectivity index (χ0) is 11.5. The van der Waals surface area contributed by atoms with Crippen LogP contribution in [0.15, 0.2) is 29.0 Å². The van der Waals surface area contributed by atoms with Gasteiger partial charge in [0.15, 0.2) is 0 Å². The second kappa shape index (κ2) is 4.53. The van der Waals surface area contributed by atoms with Crippen molar-refractivity contribution in [3.8, 4) is 0 Å². The van der Waals surface area contributed by atoms with Crippen molar-refractivity contribution < 1.29 is 4.42 Å². The van der Waals surface area contributed by atoms with Crippen LogP contribution in [0.2, 0.25) is 0 Å². The first-order chi connectivity index (χ1) is 7.66. The zero-order valence-electron chi connectivity index (χ0n) is 9.90. The zero-order valence-corrected chi connectivity index (χ0v) is 9.90. The van der Waals surface area contributed by atoms with Crippen molar-refractivity contribution in [1.82, 2.24) is 9.88 Å². The highest BCUT2D eigenvalue weighted by atomic mass is 16.3. The topological polar surface area (TPSA) is 41.3 Å². The Morgan fingerprint density at radius 2 is 2.25 bits per heavy atom. The van der Waals surface area contributed by atoms with Gasteiger partial charge in [0.05, 0.1) is 11.6 Å². The van der Waals surface area contributed by atoms with Crippen LogP contribution in [0.25, 0.3) is 11.0 Å². The molecule has 0 amide bonds. The van der Waals surface area contributed by atoms with E-state index in [9.17, 15) is 0 Å². The van der Waals surface area contributed by atoms with Crippen LogP contribution in [-0.4, -0.2) is 36.6 Å². The van der Waals surface area contributed by atoms with Crippen molar-refractivity contribution in [3.05, 3.63) is 24.6 Å². The molecule has 0 aliphatic carbocycles. The fourth-order valence-electron chi connectivity index (χ4n) is 1.84. The number of aromatic nitrogens is 1. The van der Waals surface area contributed by atoms with Crippen LogP contribution in [0.5, 0.6) is 0 Å². The number of pyridine rings is 1. The van der Waals surface area contributed by atoms with Gasteiger partial charge in [-0.2, -0.15) is 0 Å². The number of furan rings is 1. The van der Waals surface area contributed by atoms with Gasteiger partial charge in [-0.1, -0.05) is 0 Å². The summed E-state index contributed by atoms with van der Waals surface area (Å²) in [5, 5.41) is 4.42. The molecule has 2 rings (SSSR count). The Hall–Kier alpha value is -1.55. The molecule has 0 radical (unpaired) electrons. The highest BCUT2D eigenvalue weighted by molar-refractivity contribution is 5.87. The number of nitrogens with one attached hydrogen (secondary N) is 1. The number of rotatable bonds is 4. The van der Waals surface area contributed by atoms with E-state index < -0.39 is 0 Å². The minimum atomic E-state index is 0.350. The molecule has 86 valence electrons. The molecule has 2 aromatic rings. The number of likely N-dealkylation sites (N-methyl/N-ethyl adjacent to an activating group) is 1. The Balaban J connectivity index is 2.17. The molecule has 0 bridgehead atoms. The summed E-state index contributed by atoms with van der Waals surface area (Å²) in [7, 11) is 4.12. The van der Waals surface area contributed by atoms with E-state index in [4.69, 9.17) is 4.42 Å². The van der Waals surface area contributed by atoms with Gasteiger partial charge < -0.3 is 14.6 Å². The minimum Gasteiger partial charge on any atom is -0.464 e. The molecular formula is C12H17N3O. The fraction of sp³-hybridized carbons (Fsp3) is 0.417. The molecule has 4 nitrogen and oxygen atoms in total. The summed E-state index contributed by atoms with van der Waals surface area (Å²) in [6, 6.07) is 4.16. The number of nitrogens with zero attached hydrogens (tertiary/aromatic N) is 2. The maximum absolute atomic E-state index is 5.33. The Morgan fingerprint density at radius 1 is 1.44 bits per heavy atom. The molecule has 2 heterocycles. The Morgan fingerprint density at radius 3 is 3.00 bits per heavy atom. The monoisotopic (exact) mass is 219 g/mol. The van der Waals surface area contributed by atoms with Crippen molar-refractivity contribution in [3.63, 3.8) is 0 Å². The second-order valence-electron chi connectivity index (χ2n) is 4.30. The summed E-state index contributed by atoms with van der Waals surface area (Å²) in [6.45, 7) is 3.11. The van der Waals surface area contributed by atoms with Gasteiger partial charge in [0.1, 0.15) is 11.4 Å². The van der Waals surface area contributed by atoms with E-state index in [0.29, 0.717) is 6.04 Å². The lowest BCUT2D eigenvalue weighted by molar-refractivity contribution is 0.392. The van der Waals surface area contributed by atoms with Crippen LogP contribution in [0.3, 0.4) is 0 Å². The molecular weight excluding hydrogens is 202 g/mol. The minimum absolute atomic E-state index is 0.350. The SMILES string of the molecule is CC(CN(C)C)Nc1nccc2occc12. The van der Waals surface area contributed by atoms with E-state index in [-0.39, 0.29) is 0 Å². The maximum atomic E-state index is 5.33. The largest absolute Gasteiger partial charge is 0.464 e. The highest BCUT2D eigenvalue weighted by Gasteiger charge is 2.08. The number of hydrogen-bond acceptors (Lipinski definition) is 4. The van der Waals surface area contributed by atoms with E-state index in [1.807, 2.05) is 12.1 Å². The van der Waals surface area contributed by atoms with Gasteiger partial charge in [0.25, 0.3) is 0 Å². The van der Waals surface area contributed by atoms with Gasteiger partial charge in [-0.3, -0.25) is 0 Å². The maximum Gasteiger partial charge on any atom is 0.139 e. The molecule has 1 N–H and O–H groups in total. The number of fused-ring (bicyclic) bond motifs is 1. The first-order valence-electron chi connectivity index (χ1n) is 5.40. The Bertz CT molecular complexity index is 464. The number of anilines is 1. The summed E-state index contributed by atoms with van der Waals surface area (Å²) in [5.74, 6) is 0.889. The average Bonchev–Trinajstić information content (AvgIpc) is 2.65. The van der Waals surface area contributed by atoms with Crippen molar-refractivity contribution in [1.29, 1.82) is 0 Å². The first kappa shape index (κ1) is 11.0. The molecule has 0 saturated heterocycles. The molecule has 0 aromatic carbocycles. The van der Waals surface area contributed by atoms with Crippen LogP contribution in [0.1, 0.15) is 6.92 Å². The van der Waals surface area contributed by atoms with Gasteiger partial charge >= 0.3 is 0 Å². The summed E-state index contributed by atoms with van der Waals surface area (Å²) >= 11 is 0. The highest BCUT2D eigenvalue weighted by Crippen LogP contribution is 2.22. The standard InChI is InChI=1S/C12H17N3O/c1-9(8-15(2)3)14-12-10-5-7-16-11(10)4-6-13-12/h4-7,9H,8H2,1-3H3,(H,13,14). The van der Waals surface area contributed by atoms with Crippen LogP contribution < -0.4 is 5.32 Å². The predicted molar refractivity (Wildman–Crippen MR) is 65.6 cm³/mol. The molecule has 0 saturated carbocycles. The Labute approximate surface area is 95.3 Å². The summed E-state index contributed by atoms with van der Waals surface area (Å²) in [6.07, 6.45) is 3.45. The smallest absolute Gasteiger partial charge is 0.139 e. The van der Waals surface area contributed by atoms with Gasteiger partial charge in [-0.05, 0) is 33.2 Å². The van der Waals surface area contributed by atoms with Crippen LogP contribution in [-0.2, 0) is 0 Å². The first-order valence-corrected chi connectivity index (χ1v) is 5.40. The lowest BCUT2D eigenvalue weighted by atomic mass is 10.2. The summed E-state index contributed by atoms with van der Waals surface area (Å²) in [5.41, 5.74) is 0.870. The summed E-state index contributed by atoms with van der Waals surface area (Å²) < 4.78 is 5.33. The molecule has 0 spiro atoms. The van der Waals surface area contributed by atoms with E-state index >= 15 is 0 Å². The fourth-order valence-corrected chi connectivity index (χ4v) is 1.84. The van der Waals surface area contributed by atoms with Crippen molar-refractivity contribution in [2.75, 3.05) is 26.0 Å². The number of hydrogen-bond donors (Lipinski definition) is 1. The lowest BCUT2D eigenvalue weighted by Gasteiger charge is -2.18. The second-order valence-corrected chi connectivity index (χ2v) is 4.30. The van der Waals surface area contributed by atoms with Gasteiger partial charge in [0, 0.05) is 18.8 Å². The van der Waals surface area contributed by atoms with Crippen molar-refractivity contribution >= 4 is 16.8 Å². The molecule has 1 atom stereocenters. The van der Waals surface area contributed by atoms with E-state index in [1.165, 1.54) is 0 Å². The molecule has 0 aliphatic rings. The van der Waals surface area contributed by atoms with E-state index in [0.717, 1.165) is 23.3 Å². The van der Waals surface area contributed by atoms with Gasteiger partial charge in [-0.15, -0.1) is 0 Å². The Kier molecular flexibility index (Phi) is 3.10. The van der Waals surface area contributed by atoms with E-state index in [1.54, 1.807) is 12.5 Å². The molecule has 0 fully saturated rings. The van der Waals surface area contributed by atoms with Crippen LogP contribution in [0, 0.1) is 0 Å². The van der Waals surface area contributed by atoms with Crippen LogP contribution in [0.4, 0.5) is 5.82 Å². The van der Waals surface area contributed by atoms with Gasteiger partial charge in [-0.25, -0.2) is 4.98 Å². The van der Waals surface area contributed by atoms with Gasteiger partial charge in [0.2, 0.25) is 0 Å².